The first-order valence-corrected chi connectivity index (χ1v) is 10.4. The molecule has 0 aliphatic rings. The number of aromatic nitrogens is 2. The first-order chi connectivity index (χ1) is 15.6. The van der Waals surface area contributed by atoms with Gasteiger partial charge in [-0.3, -0.25) is 4.79 Å². The fourth-order valence-electron chi connectivity index (χ4n) is 3.88. The Bertz CT molecular complexity index is 1440. The molecule has 0 unspecified atom stereocenters. The number of benzene rings is 3. The Morgan fingerprint density at radius 2 is 1.75 bits per heavy atom. The van der Waals surface area contributed by atoms with E-state index in [1.807, 2.05) is 48.5 Å². The van der Waals surface area contributed by atoms with Crippen molar-refractivity contribution >= 4 is 27.7 Å². The van der Waals surface area contributed by atoms with Crippen molar-refractivity contribution in [3.63, 3.8) is 0 Å². The third-order valence-corrected chi connectivity index (χ3v) is 5.59. The SMILES string of the molecule is NCc1ccc(CNC(=O)c2cc(-c3c[nH]c4cc(F)ccc34)nc3ccccc23)cc1. The van der Waals surface area contributed by atoms with Crippen LogP contribution in [0.1, 0.15) is 21.5 Å². The molecule has 0 aliphatic heterocycles. The van der Waals surface area contributed by atoms with Gasteiger partial charge in [0.15, 0.2) is 0 Å². The largest absolute Gasteiger partial charge is 0.360 e. The molecule has 3 aromatic carbocycles. The molecule has 2 heterocycles. The fourth-order valence-corrected chi connectivity index (χ4v) is 3.88. The molecule has 0 saturated carbocycles. The minimum Gasteiger partial charge on any atom is -0.360 e. The van der Waals surface area contributed by atoms with Crippen LogP contribution in [0.3, 0.4) is 0 Å². The van der Waals surface area contributed by atoms with Gasteiger partial charge in [-0.15, -0.1) is 0 Å². The highest BCUT2D eigenvalue weighted by Gasteiger charge is 2.16. The number of carbonyl (C=O) groups is 1. The summed E-state index contributed by atoms with van der Waals surface area (Å²) < 4.78 is 13.6. The maximum atomic E-state index is 13.6. The summed E-state index contributed by atoms with van der Waals surface area (Å²) in [7, 11) is 0. The zero-order valence-electron chi connectivity index (χ0n) is 17.2. The van der Waals surface area contributed by atoms with Crippen molar-refractivity contribution in [3.8, 4) is 11.3 Å². The number of nitrogens with one attached hydrogen (secondary N) is 2. The number of H-pyrrole nitrogens is 1. The van der Waals surface area contributed by atoms with E-state index in [4.69, 9.17) is 10.7 Å². The Balaban J connectivity index is 1.52. The first kappa shape index (κ1) is 19.9. The zero-order chi connectivity index (χ0) is 22.1. The lowest BCUT2D eigenvalue weighted by Gasteiger charge is -2.11. The zero-order valence-corrected chi connectivity index (χ0v) is 17.2. The van der Waals surface area contributed by atoms with Crippen LogP contribution in [0.4, 0.5) is 4.39 Å². The van der Waals surface area contributed by atoms with Crippen molar-refractivity contribution < 1.29 is 9.18 Å². The Hall–Kier alpha value is -4.03. The van der Waals surface area contributed by atoms with E-state index >= 15 is 0 Å². The molecule has 0 fully saturated rings. The molecule has 0 saturated heterocycles. The van der Waals surface area contributed by atoms with Crippen molar-refractivity contribution in [1.29, 1.82) is 0 Å². The number of hydrogen-bond donors (Lipinski definition) is 3. The highest BCUT2D eigenvalue weighted by molar-refractivity contribution is 6.08. The Labute approximate surface area is 184 Å². The maximum absolute atomic E-state index is 13.6. The lowest BCUT2D eigenvalue weighted by atomic mass is 10.0. The molecule has 4 N–H and O–H groups in total. The van der Waals surface area contributed by atoms with Gasteiger partial charge >= 0.3 is 0 Å². The van der Waals surface area contributed by atoms with Crippen LogP contribution in [0, 0.1) is 5.82 Å². The normalized spacial score (nSPS) is 11.2. The number of aromatic amines is 1. The minimum absolute atomic E-state index is 0.182. The van der Waals surface area contributed by atoms with Gasteiger partial charge in [-0.25, -0.2) is 9.37 Å². The van der Waals surface area contributed by atoms with Crippen LogP contribution >= 0.6 is 0 Å². The molecule has 0 aliphatic carbocycles. The Kier molecular flexibility index (Phi) is 5.13. The standard InChI is InChI=1S/C26H21FN4O/c27-18-9-10-20-22(15-29-24(20)11-18)25-12-21(19-3-1-2-4-23(19)31-25)26(32)30-14-17-7-5-16(13-28)6-8-17/h1-12,15,29H,13-14,28H2,(H,30,32). The van der Waals surface area contributed by atoms with Gasteiger partial charge in [0.25, 0.3) is 5.91 Å². The van der Waals surface area contributed by atoms with Crippen LogP contribution < -0.4 is 11.1 Å². The molecule has 1 amide bonds. The number of fused-ring (bicyclic) bond motifs is 2. The van der Waals surface area contributed by atoms with Crippen LogP contribution in [0.2, 0.25) is 0 Å². The van der Waals surface area contributed by atoms with E-state index in [9.17, 15) is 9.18 Å². The van der Waals surface area contributed by atoms with Gasteiger partial charge in [-0.05, 0) is 41.5 Å². The summed E-state index contributed by atoms with van der Waals surface area (Å²) in [6.07, 6.45) is 1.79. The second kappa shape index (κ2) is 8.24. The minimum atomic E-state index is -0.308. The number of carbonyl (C=O) groups excluding carboxylic acids is 1. The highest BCUT2D eigenvalue weighted by Crippen LogP contribution is 2.31. The summed E-state index contributed by atoms with van der Waals surface area (Å²) >= 11 is 0. The average molecular weight is 424 g/mol. The summed E-state index contributed by atoms with van der Waals surface area (Å²) in [5.74, 6) is -0.490. The number of pyridine rings is 1. The van der Waals surface area contributed by atoms with Crippen LogP contribution in [0.5, 0.6) is 0 Å². The topological polar surface area (TPSA) is 83.8 Å². The van der Waals surface area contributed by atoms with E-state index < -0.39 is 0 Å². The number of nitrogens with zero attached hydrogens (tertiary/aromatic N) is 1. The second-order valence-electron chi connectivity index (χ2n) is 7.67. The monoisotopic (exact) mass is 424 g/mol. The molecule has 0 atom stereocenters. The molecule has 5 nitrogen and oxygen atoms in total. The number of rotatable bonds is 5. The van der Waals surface area contributed by atoms with E-state index in [0.29, 0.717) is 29.9 Å². The quantitative estimate of drug-likeness (QED) is 0.375. The van der Waals surface area contributed by atoms with Gasteiger partial charge in [-0.1, -0.05) is 42.5 Å². The van der Waals surface area contributed by atoms with Crippen molar-refractivity contribution in [2.75, 3.05) is 0 Å². The van der Waals surface area contributed by atoms with Gasteiger partial charge < -0.3 is 16.0 Å². The van der Waals surface area contributed by atoms with Gasteiger partial charge in [0.05, 0.1) is 16.8 Å². The van der Waals surface area contributed by atoms with Gasteiger partial charge in [0.2, 0.25) is 0 Å². The molecule has 0 bridgehead atoms. The molecule has 2 aromatic heterocycles. The molecule has 6 heteroatoms. The third-order valence-electron chi connectivity index (χ3n) is 5.59. The summed E-state index contributed by atoms with van der Waals surface area (Å²) in [5, 5.41) is 4.63. The average Bonchev–Trinajstić information content (AvgIpc) is 3.25. The van der Waals surface area contributed by atoms with Crippen molar-refractivity contribution in [2.24, 2.45) is 5.73 Å². The van der Waals surface area contributed by atoms with Gasteiger partial charge in [-0.2, -0.15) is 0 Å². The molecule has 0 spiro atoms. The molecular weight excluding hydrogens is 403 g/mol. The van der Waals surface area contributed by atoms with E-state index in [1.165, 1.54) is 12.1 Å². The predicted molar refractivity (Wildman–Crippen MR) is 124 cm³/mol. The van der Waals surface area contributed by atoms with Gasteiger partial charge in [0.1, 0.15) is 5.82 Å². The second-order valence-corrected chi connectivity index (χ2v) is 7.67. The molecular formula is C26H21FN4O. The number of para-hydroxylation sites is 1. The van der Waals surface area contributed by atoms with E-state index in [2.05, 4.69) is 10.3 Å². The molecule has 5 aromatic rings. The number of hydrogen-bond acceptors (Lipinski definition) is 3. The van der Waals surface area contributed by atoms with Crippen molar-refractivity contribution in [2.45, 2.75) is 13.1 Å². The molecule has 32 heavy (non-hydrogen) atoms. The first-order valence-electron chi connectivity index (χ1n) is 10.4. The van der Waals surface area contributed by atoms with Crippen molar-refractivity contribution in [1.82, 2.24) is 15.3 Å². The lowest BCUT2D eigenvalue weighted by molar-refractivity contribution is 0.0952. The lowest BCUT2D eigenvalue weighted by Crippen LogP contribution is -2.23. The highest BCUT2D eigenvalue weighted by atomic mass is 19.1. The maximum Gasteiger partial charge on any atom is 0.252 e. The Morgan fingerprint density at radius 1 is 0.969 bits per heavy atom. The van der Waals surface area contributed by atoms with E-state index in [1.54, 1.807) is 18.3 Å². The molecule has 158 valence electrons. The van der Waals surface area contributed by atoms with Crippen LogP contribution in [-0.2, 0) is 13.1 Å². The summed E-state index contributed by atoms with van der Waals surface area (Å²) in [6, 6.07) is 21.8. The Morgan fingerprint density at radius 3 is 2.56 bits per heavy atom. The van der Waals surface area contributed by atoms with Crippen LogP contribution in [0.15, 0.2) is 79.0 Å². The van der Waals surface area contributed by atoms with E-state index in [-0.39, 0.29) is 11.7 Å². The van der Waals surface area contributed by atoms with Gasteiger partial charge in [0, 0.05) is 41.1 Å². The third kappa shape index (κ3) is 3.72. The van der Waals surface area contributed by atoms with Crippen molar-refractivity contribution in [3.05, 3.63) is 102 Å². The number of halogens is 1. The summed E-state index contributed by atoms with van der Waals surface area (Å²) in [6.45, 7) is 0.890. The van der Waals surface area contributed by atoms with Crippen LogP contribution in [0.25, 0.3) is 33.1 Å². The van der Waals surface area contributed by atoms with E-state index in [0.717, 1.165) is 33.0 Å². The fraction of sp³-hybridized carbons (Fsp3) is 0.0769. The number of amides is 1. The summed E-state index contributed by atoms with van der Waals surface area (Å²) in [5.41, 5.74) is 11.1. The number of nitrogens with two attached hydrogens (primary N) is 1. The molecule has 0 radical (unpaired) electrons. The van der Waals surface area contributed by atoms with Crippen LogP contribution in [-0.4, -0.2) is 15.9 Å². The predicted octanol–water partition coefficient (Wildman–Crippen LogP) is 4.91. The molecule has 5 rings (SSSR count). The smallest absolute Gasteiger partial charge is 0.252 e. The summed E-state index contributed by atoms with van der Waals surface area (Å²) in [4.78, 5) is 21.0.